The number of carbonyl (C=O) groups is 1. The van der Waals surface area contributed by atoms with E-state index in [1.54, 1.807) is 17.0 Å². The van der Waals surface area contributed by atoms with Crippen molar-refractivity contribution in [2.75, 3.05) is 6.54 Å². The van der Waals surface area contributed by atoms with Crippen molar-refractivity contribution in [3.63, 3.8) is 0 Å². The van der Waals surface area contributed by atoms with Crippen molar-refractivity contribution in [2.24, 2.45) is 5.73 Å². The van der Waals surface area contributed by atoms with Gasteiger partial charge in [-0.15, -0.1) is 11.3 Å². The van der Waals surface area contributed by atoms with E-state index in [0.29, 0.717) is 20.7 Å². The van der Waals surface area contributed by atoms with Crippen LogP contribution in [0.5, 0.6) is 0 Å². The van der Waals surface area contributed by atoms with E-state index in [1.807, 2.05) is 0 Å². The zero-order chi connectivity index (χ0) is 13.1. The van der Waals surface area contributed by atoms with E-state index < -0.39 is 0 Å². The molecule has 18 heavy (non-hydrogen) atoms. The van der Waals surface area contributed by atoms with Gasteiger partial charge in [0.2, 0.25) is 0 Å². The Kier molecular flexibility index (Phi) is 4.59. The standard InChI is InChI=1S/C12H15ClN2OS2/c13-10-6-5-9(18-10)12(16)15(7-11(14)17)8-3-1-2-4-8/h5-6,8H,1-4,7H2,(H2,14,17). The molecule has 1 heterocycles. The summed E-state index contributed by atoms with van der Waals surface area (Å²) in [5.74, 6) is -0.00778. The van der Waals surface area contributed by atoms with E-state index >= 15 is 0 Å². The fraction of sp³-hybridized carbons (Fsp3) is 0.500. The Labute approximate surface area is 121 Å². The number of nitrogens with zero attached hydrogens (tertiary/aromatic N) is 1. The summed E-state index contributed by atoms with van der Waals surface area (Å²) in [5, 5.41) is 0. The highest BCUT2D eigenvalue weighted by molar-refractivity contribution is 7.80. The largest absolute Gasteiger partial charge is 0.392 e. The third kappa shape index (κ3) is 3.22. The smallest absolute Gasteiger partial charge is 0.264 e. The average molecular weight is 303 g/mol. The van der Waals surface area contributed by atoms with Crippen LogP contribution in [0.2, 0.25) is 4.34 Å². The highest BCUT2D eigenvalue weighted by atomic mass is 35.5. The Balaban J connectivity index is 2.17. The molecule has 0 atom stereocenters. The molecule has 0 aliphatic heterocycles. The topological polar surface area (TPSA) is 46.3 Å². The molecule has 1 aromatic heterocycles. The van der Waals surface area contributed by atoms with Crippen LogP contribution in [-0.2, 0) is 0 Å². The van der Waals surface area contributed by atoms with Crippen molar-refractivity contribution in [1.29, 1.82) is 0 Å². The first-order valence-corrected chi connectivity index (χ1v) is 7.53. The predicted octanol–water partition coefficient (Wildman–Crippen LogP) is 3.07. The molecular formula is C12H15ClN2OS2. The summed E-state index contributed by atoms with van der Waals surface area (Å²) in [4.78, 5) is 15.3. The molecule has 0 unspecified atom stereocenters. The second-order valence-electron chi connectivity index (χ2n) is 4.44. The molecule has 2 rings (SSSR count). The summed E-state index contributed by atoms with van der Waals surface area (Å²) in [6, 6.07) is 3.77. The SMILES string of the molecule is NC(=S)CN(C(=O)c1ccc(Cl)s1)C1CCCC1. The third-order valence-electron chi connectivity index (χ3n) is 3.14. The summed E-state index contributed by atoms with van der Waals surface area (Å²) in [6.07, 6.45) is 4.40. The van der Waals surface area contributed by atoms with Crippen molar-refractivity contribution in [2.45, 2.75) is 31.7 Å². The highest BCUT2D eigenvalue weighted by Crippen LogP contribution is 2.28. The zero-order valence-corrected chi connectivity index (χ0v) is 12.3. The van der Waals surface area contributed by atoms with Gasteiger partial charge in [-0.2, -0.15) is 0 Å². The number of thiocarbonyl (C=S) groups is 1. The van der Waals surface area contributed by atoms with Gasteiger partial charge >= 0.3 is 0 Å². The minimum atomic E-state index is -0.00778. The van der Waals surface area contributed by atoms with Crippen LogP contribution < -0.4 is 5.73 Å². The Hall–Kier alpha value is -0.650. The Morgan fingerprint density at radius 1 is 1.50 bits per heavy atom. The molecule has 98 valence electrons. The van der Waals surface area contributed by atoms with Gasteiger partial charge in [0.05, 0.1) is 20.7 Å². The van der Waals surface area contributed by atoms with E-state index in [-0.39, 0.29) is 11.9 Å². The van der Waals surface area contributed by atoms with Gasteiger partial charge < -0.3 is 10.6 Å². The normalized spacial score (nSPS) is 15.8. The van der Waals surface area contributed by atoms with Gasteiger partial charge in [0.1, 0.15) is 0 Å². The summed E-state index contributed by atoms with van der Waals surface area (Å²) < 4.78 is 0.625. The molecule has 0 radical (unpaired) electrons. The van der Waals surface area contributed by atoms with Gasteiger partial charge in [-0.1, -0.05) is 36.7 Å². The number of carbonyl (C=O) groups excluding carboxylic acids is 1. The Morgan fingerprint density at radius 3 is 2.67 bits per heavy atom. The van der Waals surface area contributed by atoms with E-state index in [2.05, 4.69) is 0 Å². The molecule has 1 fully saturated rings. The van der Waals surface area contributed by atoms with Crippen LogP contribution in [-0.4, -0.2) is 28.4 Å². The summed E-state index contributed by atoms with van der Waals surface area (Å²) in [7, 11) is 0. The van der Waals surface area contributed by atoms with Gasteiger partial charge in [-0.25, -0.2) is 0 Å². The lowest BCUT2D eigenvalue weighted by atomic mass is 10.2. The molecule has 6 heteroatoms. The minimum absolute atomic E-state index is 0.00778. The molecule has 1 amide bonds. The van der Waals surface area contributed by atoms with Crippen LogP contribution >= 0.6 is 35.2 Å². The first-order chi connectivity index (χ1) is 8.58. The third-order valence-corrected chi connectivity index (χ3v) is 4.48. The van der Waals surface area contributed by atoms with Crippen LogP contribution in [0.1, 0.15) is 35.4 Å². The molecule has 1 aliphatic rings. The van der Waals surface area contributed by atoms with Gasteiger partial charge in [-0.3, -0.25) is 4.79 Å². The molecule has 3 nitrogen and oxygen atoms in total. The number of hydrogen-bond acceptors (Lipinski definition) is 3. The molecule has 0 spiro atoms. The molecule has 0 aromatic carbocycles. The van der Waals surface area contributed by atoms with Crippen molar-refractivity contribution < 1.29 is 4.79 Å². The van der Waals surface area contributed by atoms with Crippen molar-refractivity contribution in [3.05, 3.63) is 21.3 Å². The summed E-state index contributed by atoms with van der Waals surface area (Å²) in [6.45, 7) is 0.356. The molecule has 1 aromatic rings. The fourth-order valence-corrected chi connectivity index (χ4v) is 3.46. The maximum atomic E-state index is 12.4. The van der Waals surface area contributed by atoms with Gasteiger partial charge in [0.15, 0.2) is 0 Å². The lowest BCUT2D eigenvalue weighted by Crippen LogP contribution is -2.43. The van der Waals surface area contributed by atoms with Gasteiger partial charge in [-0.05, 0) is 25.0 Å². The van der Waals surface area contributed by atoms with Crippen LogP contribution in [0.15, 0.2) is 12.1 Å². The number of rotatable bonds is 4. The summed E-state index contributed by atoms with van der Waals surface area (Å²) in [5.41, 5.74) is 5.60. The average Bonchev–Trinajstić information content (AvgIpc) is 2.95. The minimum Gasteiger partial charge on any atom is -0.392 e. The lowest BCUT2D eigenvalue weighted by molar-refractivity contribution is 0.0719. The van der Waals surface area contributed by atoms with Crippen LogP contribution in [0.4, 0.5) is 0 Å². The number of hydrogen-bond donors (Lipinski definition) is 1. The second kappa shape index (κ2) is 5.99. The second-order valence-corrected chi connectivity index (χ2v) is 6.68. The molecule has 1 aliphatic carbocycles. The van der Waals surface area contributed by atoms with Gasteiger partial charge in [0.25, 0.3) is 5.91 Å². The summed E-state index contributed by atoms with van der Waals surface area (Å²) >= 11 is 12.1. The van der Waals surface area contributed by atoms with Gasteiger partial charge in [0, 0.05) is 6.04 Å². The Bertz CT molecular complexity index is 455. The number of nitrogens with two attached hydrogens (primary N) is 1. The highest BCUT2D eigenvalue weighted by Gasteiger charge is 2.28. The van der Waals surface area contributed by atoms with Crippen LogP contribution in [0.25, 0.3) is 0 Å². The molecule has 0 bridgehead atoms. The van der Waals surface area contributed by atoms with Crippen molar-refractivity contribution in [1.82, 2.24) is 4.90 Å². The molecule has 2 N–H and O–H groups in total. The first kappa shape index (κ1) is 13.8. The van der Waals surface area contributed by atoms with E-state index in [0.717, 1.165) is 25.7 Å². The van der Waals surface area contributed by atoms with E-state index in [1.165, 1.54) is 11.3 Å². The molecule has 0 saturated heterocycles. The number of amides is 1. The van der Waals surface area contributed by atoms with E-state index in [4.69, 9.17) is 29.6 Å². The number of halogens is 1. The van der Waals surface area contributed by atoms with Crippen LogP contribution in [0, 0.1) is 0 Å². The van der Waals surface area contributed by atoms with Crippen LogP contribution in [0.3, 0.4) is 0 Å². The predicted molar refractivity (Wildman–Crippen MR) is 79.4 cm³/mol. The lowest BCUT2D eigenvalue weighted by Gasteiger charge is -2.28. The van der Waals surface area contributed by atoms with Crippen molar-refractivity contribution >= 4 is 46.1 Å². The van der Waals surface area contributed by atoms with Crippen molar-refractivity contribution in [3.8, 4) is 0 Å². The zero-order valence-electron chi connectivity index (χ0n) is 9.89. The Morgan fingerprint density at radius 2 is 2.17 bits per heavy atom. The number of thiophene rings is 1. The monoisotopic (exact) mass is 302 g/mol. The fourth-order valence-electron chi connectivity index (χ4n) is 2.32. The maximum absolute atomic E-state index is 12.4. The molecular weight excluding hydrogens is 288 g/mol. The van der Waals surface area contributed by atoms with E-state index in [9.17, 15) is 4.79 Å². The quantitative estimate of drug-likeness (QED) is 0.870. The first-order valence-electron chi connectivity index (χ1n) is 5.92. The molecule has 1 saturated carbocycles. The maximum Gasteiger partial charge on any atom is 0.264 e.